The number of amides is 3. The van der Waals surface area contributed by atoms with Crippen LogP contribution in [0.15, 0.2) is 28.8 Å². The fourth-order valence-electron chi connectivity index (χ4n) is 2.35. The van der Waals surface area contributed by atoms with Crippen molar-refractivity contribution in [1.82, 2.24) is 20.8 Å². The van der Waals surface area contributed by atoms with Crippen LogP contribution in [-0.4, -0.2) is 28.6 Å². The molecule has 0 spiro atoms. The van der Waals surface area contributed by atoms with Crippen LogP contribution in [0.5, 0.6) is 0 Å². The Labute approximate surface area is 146 Å². The van der Waals surface area contributed by atoms with Gasteiger partial charge >= 0.3 is 6.03 Å². The highest BCUT2D eigenvalue weighted by atomic mass is 16.5. The summed E-state index contributed by atoms with van der Waals surface area (Å²) in [7, 11) is 0. The van der Waals surface area contributed by atoms with Crippen LogP contribution in [-0.2, 0) is 6.42 Å². The summed E-state index contributed by atoms with van der Waals surface area (Å²) < 4.78 is 5.15. The monoisotopic (exact) mass is 345 g/mol. The zero-order chi connectivity index (χ0) is 18.4. The molecule has 3 amide bonds. The highest BCUT2D eigenvalue weighted by Crippen LogP contribution is 2.19. The topological polar surface area (TPSA) is 123 Å². The number of urea groups is 1. The lowest BCUT2D eigenvalue weighted by atomic mass is 10.0. The van der Waals surface area contributed by atoms with Crippen molar-refractivity contribution in [2.24, 2.45) is 11.7 Å². The van der Waals surface area contributed by atoms with Gasteiger partial charge in [-0.25, -0.2) is 4.79 Å². The SMILES string of the molecule is Cc1noc(C(NC(=O)NCCc2cccc(C(N)=O)c2)C(C)C)n1. The average molecular weight is 345 g/mol. The fraction of sp³-hybridized carbons (Fsp3) is 0.412. The number of nitrogens with two attached hydrogens (primary N) is 1. The maximum Gasteiger partial charge on any atom is 0.315 e. The van der Waals surface area contributed by atoms with Crippen molar-refractivity contribution in [3.8, 4) is 0 Å². The maximum atomic E-state index is 12.1. The maximum absolute atomic E-state index is 12.1. The summed E-state index contributed by atoms with van der Waals surface area (Å²) >= 11 is 0. The van der Waals surface area contributed by atoms with Crippen molar-refractivity contribution < 1.29 is 14.1 Å². The number of carbonyl (C=O) groups is 2. The van der Waals surface area contributed by atoms with Crippen LogP contribution in [0.1, 0.15) is 47.5 Å². The smallest absolute Gasteiger partial charge is 0.315 e. The number of nitrogens with zero attached hydrogens (tertiary/aromatic N) is 2. The van der Waals surface area contributed by atoms with Gasteiger partial charge in [0.15, 0.2) is 5.82 Å². The number of aromatic nitrogens is 2. The van der Waals surface area contributed by atoms with Crippen LogP contribution < -0.4 is 16.4 Å². The van der Waals surface area contributed by atoms with Gasteiger partial charge in [-0.3, -0.25) is 4.79 Å². The Morgan fingerprint density at radius 2 is 2.08 bits per heavy atom. The molecule has 1 aromatic heterocycles. The molecule has 0 aliphatic carbocycles. The first kappa shape index (κ1) is 18.4. The van der Waals surface area contributed by atoms with Gasteiger partial charge in [0.05, 0.1) is 0 Å². The second-order valence-corrected chi connectivity index (χ2v) is 6.12. The van der Waals surface area contributed by atoms with E-state index in [0.29, 0.717) is 30.2 Å². The van der Waals surface area contributed by atoms with Crippen LogP contribution in [0.2, 0.25) is 0 Å². The summed E-state index contributed by atoms with van der Waals surface area (Å²) in [4.78, 5) is 27.5. The second kappa shape index (κ2) is 8.27. The molecule has 8 nitrogen and oxygen atoms in total. The van der Waals surface area contributed by atoms with Crippen molar-refractivity contribution >= 4 is 11.9 Å². The van der Waals surface area contributed by atoms with Crippen LogP contribution in [0.25, 0.3) is 0 Å². The van der Waals surface area contributed by atoms with E-state index in [9.17, 15) is 9.59 Å². The van der Waals surface area contributed by atoms with Gasteiger partial charge in [0.1, 0.15) is 6.04 Å². The van der Waals surface area contributed by atoms with Gasteiger partial charge in [-0.2, -0.15) is 4.98 Å². The first-order valence-corrected chi connectivity index (χ1v) is 8.10. The van der Waals surface area contributed by atoms with Gasteiger partial charge in [-0.05, 0) is 37.0 Å². The van der Waals surface area contributed by atoms with E-state index in [1.807, 2.05) is 19.9 Å². The molecule has 1 unspecified atom stereocenters. The van der Waals surface area contributed by atoms with Crippen molar-refractivity contribution in [3.05, 3.63) is 47.1 Å². The first-order chi connectivity index (χ1) is 11.9. The number of hydrogen-bond acceptors (Lipinski definition) is 5. The zero-order valence-electron chi connectivity index (χ0n) is 14.6. The van der Waals surface area contributed by atoms with Gasteiger partial charge in [-0.15, -0.1) is 0 Å². The van der Waals surface area contributed by atoms with Gasteiger partial charge in [0, 0.05) is 12.1 Å². The molecular weight excluding hydrogens is 322 g/mol. The molecule has 0 fully saturated rings. The fourth-order valence-corrected chi connectivity index (χ4v) is 2.35. The Morgan fingerprint density at radius 3 is 2.68 bits per heavy atom. The molecular formula is C17H23N5O3. The number of rotatable bonds is 7. The predicted molar refractivity (Wildman–Crippen MR) is 91.8 cm³/mol. The van der Waals surface area contributed by atoms with Crippen LogP contribution in [0.3, 0.4) is 0 Å². The van der Waals surface area contributed by atoms with Gasteiger partial charge < -0.3 is 20.9 Å². The molecule has 0 aliphatic rings. The summed E-state index contributed by atoms with van der Waals surface area (Å²) in [6.07, 6.45) is 0.584. The lowest BCUT2D eigenvalue weighted by molar-refractivity contribution is 0.1000. The highest BCUT2D eigenvalue weighted by Gasteiger charge is 2.23. The molecule has 0 radical (unpaired) electrons. The zero-order valence-corrected chi connectivity index (χ0v) is 14.6. The van der Waals surface area contributed by atoms with Crippen LogP contribution >= 0.6 is 0 Å². The minimum Gasteiger partial charge on any atom is -0.366 e. The standard InChI is InChI=1S/C17H23N5O3/c1-10(2)14(16-20-11(3)22-25-16)21-17(24)19-8-7-12-5-4-6-13(9-12)15(18)23/h4-6,9-10,14H,7-8H2,1-3H3,(H2,18,23)(H2,19,21,24). The van der Waals surface area contributed by atoms with Gasteiger partial charge in [-0.1, -0.05) is 31.1 Å². The highest BCUT2D eigenvalue weighted by molar-refractivity contribution is 5.92. The average Bonchev–Trinajstić information content (AvgIpc) is 2.98. The molecule has 2 rings (SSSR count). The summed E-state index contributed by atoms with van der Waals surface area (Å²) in [6.45, 7) is 6.06. The van der Waals surface area contributed by atoms with E-state index < -0.39 is 5.91 Å². The van der Waals surface area contributed by atoms with Crippen molar-refractivity contribution in [1.29, 1.82) is 0 Å². The molecule has 1 atom stereocenters. The number of aryl methyl sites for hydroxylation is 1. The minimum atomic E-state index is -0.470. The molecule has 0 bridgehead atoms. The van der Waals surface area contributed by atoms with E-state index in [-0.39, 0.29) is 18.0 Å². The van der Waals surface area contributed by atoms with Crippen molar-refractivity contribution in [2.45, 2.75) is 33.2 Å². The third-order valence-corrected chi connectivity index (χ3v) is 3.67. The Hall–Kier alpha value is -2.90. The quantitative estimate of drug-likeness (QED) is 0.705. The number of nitrogens with one attached hydrogen (secondary N) is 2. The summed E-state index contributed by atoms with van der Waals surface area (Å²) in [5.74, 6) is 0.536. The van der Waals surface area contributed by atoms with E-state index in [1.165, 1.54) is 0 Å². The molecule has 25 heavy (non-hydrogen) atoms. The summed E-state index contributed by atoms with van der Waals surface area (Å²) in [5.41, 5.74) is 6.63. The molecule has 134 valence electrons. The number of hydrogen-bond donors (Lipinski definition) is 3. The molecule has 1 aromatic carbocycles. The Bertz CT molecular complexity index is 741. The Kier molecular flexibility index (Phi) is 6.10. The van der Waals surface area contributed by atoms with Crippen LogP contribution in [0, 0.1) is 12.8 Å². The van der Waals surface area contributed by atoms with E-state index in [2.05, 4.69) is 20.8 Å². The Morgan fingerprint density at radius 1 is 1.32 bits per heavy atom. The lowest BCUT2D eigenvalue weighted by Gasteiger charge is -2.18. The molecule has 0 saturated heterocycles. The van der Waals surface area contributed by atoms with Crippen molar-refractivity contribution in [2.75, 3.05) is 6.54 Å². The summed E-state index contributed by atoms with van der Waals surface area (Å²) in [6, 6.07) is 6.35. The number of benzene rings is 1. The van der Waals surface area contributed by atoms with E-state index in [4.69, 9.17) is 10.3 Å². The van der Waals surface area contributed by atoms with E-state index >= 15 is 0 Å². The number of carbonyl (C=O) groups excluding carboxylic acids is 2. The molecule has 4 N–H and O–H groups in total. The van der Waals surface area contributed by atoms with Crippen molar-refractivity contribution in [3.63, 3.8) is 0 Å². The van der Waals surface area contributed by atoms with Gasteiger partial charge in [0.25, 0.3) is 0 Å². The van der Waals surface area contributed by atoms with Gasteiger partial charge in [0.2, 0.25) is 11.8 Å². The van der Waals surface area contributed by atoms with E-state index in [0.717, 1.165) is 5.56 Å². The molecule has 8 heteroatoms. The normalized spacial score (nSPS) is 12.0. The molecule has 1 heterocycles. The largest absolute Gasteiger partial charge is 0.366 e. The first-order valence-electron chi connectivity index (χ1n) is 8.10. The lowest BCUT2D eigenvalue weighted by Crippen LogP contribution is -2.40. The van der Waals surface area contributed by atoms with Crippen LogP contribution in [0.4, 0.5) is 4.79 Å². The van der Waals surface area contributed by atoms with E-state index in [1.54, 1.807) is 25.1 Å². The summed E-state index contributed by atoms with van der Waals surface area (Å²) in [5, 5.41) is 9.38. The predicted octanol–water partition coefficient (Wildman–Crippen LogP) is 1.72. The molecule has 2 aromatic rings. The third kappa shape index (κ3) is 5.30. The molecule has 0 aliphatic heterocycles. The minimum absolute atomic E-state index is 0.0952. The number of primary amides is 1. The third-order valence-electron chi connectivity index (χ3n) is 3.67. The Balaban J connectivity index is 1.87. The second-order valence-electron chi connectivity index (χ2n) is 6.12. The molecule has 0 saturated carbocycles.